The Labute approximate surface area is 149 Å². The number of carbonyl (C=O) groups is 1. The number of piperidine rings is 1. The smallest absolute Gasteiger partial charge is 0.226 e. The quantitative estimate of drug-likeness (QED) is 0.820. The van der Waals surface area contributed by atoms with E-state index in [1.165, 1.54) is 12.1 Å². The van der Waals surface area contributed by atoms with Crippen LogP contribution in [0.2, 0.25) is 0 Å². The van der Waals surface area contributed by atoms with Gasteiger partial charge in [0.1, 0.15) is 5.82 Å². The van der Waals surface area contributed by atoms with E-state index in [9.17, 15) is 9.18 Å². The zero-order chi connectivity index (χ0) is 17.9. The standard InChI is InChI=1S/C20H28FNO3/c1-3-24-13-18-12-20(14-25-18)6-8-22(9-7-20)19(23)11-16-4-5-17(21)10-15(16)2/h4-5,10,18H,3,6-9,11-14H2,1-2H3/t18-/m0/s1. The fourth-order valence-electron chi connectivity index (χ4n) is 3.96. The Morgan fingerprint density at radius 3 is 2.84 bits per heavy atom. The molecule has 2 fully saturated rings. The summed E-state index contributed by atoms with van der Waals surface area (Å²) in [5, 5.41) is 0. The van der Waals surface area contributed by atoms with Crippen LogP contribution in [0, 0.1) is 18.2 Å². The third-order valence-electron chi connectivity index (χ3n) is 5.62. The van der Waals surface area contributed by atoms with Gasteiger partial charge in [0.25, 0.3) is 0 Å². The number of amides is 1. The molecule has 0 bridgehead atoms. The topological polar surface area (TPSA) is 38.8 Å². The van der Waals surface area contributed by atoms with Crippen LogP contribution in [-0.2, 0) is 20.7 Å². The molecule has 3 rings (SSSR count). The van der Waals surface area contributed by atoms with Gasteiger partial charge in [0.2, 0.25) is 5.91 Å². The first-order valence-corrected chi connectivity index (χ1v) is 9.23. The van der Waals surface area contributed by atoms with Crippen molar-refractivity contribution in [3.8, 4) is 0 Å². The maximum atomic E-state index is 13.2. The number of nitrogens with zero attached hydrogens (tertiary/aromatic N) is 1. The molecule has 0 unspecified atom stereocenters. The molecule has 0 saturated carbocycles. The zero-order valence-corrected chi connectivity index (χ0v) is 15.2. The summed E-state index contributed by atoms with van der Waals surface area (Å²) in [4.78, 5) is 14.5. The van der Waals surface area contributed by atoms with Crippen LogP contribution in [0.1, 0.15) is 37.3 Å². The van der Waals surface area contributed by atoms with Crippen molar-refractivity contribution in [2.24, 2.45) is 5.41 Å². The van der Waals surface area contributed by atoms with Gasteiger partial charge in [0.15, 0.2) is 0 Å². The fraction of sp³-hybridized carbons (Fsp3) is 0.650. The molecule has 1 amide bonds. The molecule has 2 aliphatic heterocycles. The van der Waals surface area contributed by atoms with Gasteiger partial charge in [-0.2, -0.15) is 0 Å². The largest absolute Gasteiger partial charge is 0.379 e. The van der Waals surface area contributed by atoms with Gasteiger partial charge in [0, 0.05) is 19.7 Å². The predicted octanol–water partition coefficient (Wildman–Crippen LogP) is 3.11. The first-order valence-electron chi connectivity index (χ1n) is 9.23. The van der Waals surface area contributed by atoms with Crippen molar-refractivity contribution in [2.75, 3.05) is 32.9 Å². The maximum Gasteiger partial charge on any atom is 0.226 e. The van der Waals surface area contributed by atoms with Crippen molar-refractivity contribution < 1.29 is 18.7 Å². The Hall–Kier alpha value is -1.46. The number of likely N-dealkylation sites (tertiary alicyclic amines) is 1. The third-order valence-corrected chi connectivity index (χ3v) is 5.62. The molecule has 1 spiro atoms. The molecule has 2 aliphatic rings. The Kier molecular flexibility index (Phi) is 5.74. The number of ether oxygens (including phenoxy) is 2. The van der Waals surface area contributed by atoms with Crippen LogP contribution >= 0.6 is 0 Å². The second kappa shape index (κ2) is 7.83. The van der Waals surface area contributed by atoms with Crippen molar-refractivity contribution in [1.29, 1.82) is 0 Å². The summed E-state index contributed by atoms with van der Waals surface area (Å²) in [5.74, 6) is -0.120. The van der Waals surface area contributed by atoms with E-state index in [-0.39, 0.29) is 23.2 Å². The second-order valence-electron chi connectivity index (χ2n) is 7.42. The van der Waals surface area contributed by atoms with Crippen molar-refractivity contribution in [3.63, 3.8) is 0 Å². The molecule has 138 valence electrons. The van der Waals surface area contributed by atoms with E-state index in [2.05, 4.69) is 0 Å². The highest BCUT2D eigenvalue weighted by Crippen LogP contribution is 2.42. The van der Waals surface area contributed by atoms with Crippen molar-refractivity contribution >= 4 is 5.91 Å². The van der Waals surface area contributed by atoms with Gasteiger partial charge in [-0.3, -0.25) is 4.79 Å². The summed E-state index contributed by atoms with van der Waals surface area (Å²) in [6, 6.07) is 4.63. The van der Waals surface area contributed by atoms with Crippen LogP contribution < -0.4 is 0 Å². The zero-order valence-electron chi connectivity index (χ0n) is 15.2. The van der Waals surface area contributed by atoms with Crippen molar-refractivity contribution in [2.45, 2.75) is 45.6 Å². The Bertz CT molecular complexity index is 611. The maximum absolute atomic E-state index is 13.2. The van der Waals surface area contributed by atoms with Crippen LogP contribution in [0.25, 0.3) is 0 Å². The number of aryl methyl sites for hydroxylation is 1. The lowest BCUT2D eigenvalue weighted by molar-refractivity contribution is -0.132. The van der Waals surface area contributed by atoms with E-state index >= 15 is 0 Å². The van der Waals surface area contributed by atoms with E-state index in [1.54, 1.807) is 6.07 Å². The first kappa shape index (κ1) is 18.3. The molecule has 2 saturated heterocycles. The first-order chi connectivity index (χ1) is 12.0. The van der Waals surface area contributed by atoms with Gasteiger partial charge in [-0.05, 0) is 61.8 Å². The lowest BCUT2D eigenvalue weighted by Gasteiger charge is -2.38. The van der Waals surface area contributed by atoms with E-state index in [1.807, 2.05) is 18.7 Å². The minimum Gasteiger partial charge on any atom is -0.379 e. The summed E-state index contributed by atoms with van der Waals surface area (Å²) in [6.07, 6.45) is 3.56. The molecule has 1 atom stereocenters. The Morgan fingerprint density at radius 1 is 1.40 bits per heavy atom. The van der Waals surface area contributed by atoms with Crippen LogP contribution in [-0.4, -0.2) is 49.8 Å². The highest BCUT2D eigenvalue weighted by Gasteiger charge is 2.43. The monoisotopic (exact) mass is 349 g/mol. The highest BCUT2D eigenvalue weighted by atomic mass is 19.1. The number of halogens is 1. The van der Waals surface area contributed by atoms with Gasteiger partial charge in [-0.1, -0.05) is 6.07 Å². The number of carbonyl (C=O) groups excluding carboxylic acids is 1. The van der Waals surface area contributed by atoms with Crippen LogP contribution in [0.4, 0.5) is 4.39 Å². The lowest BCUT2D eigenvalue weighted by atomic mass is 9.76. The third kappa shape index (κ3) is 4.39. The Balaban J connectivity index is 1.51. The minimum absolute atomic E-state index is 0.134. The molecule has 0 radical (unpaired) electrons. The molecule has 25 heavy (non-hydrogen) atoms. The summed E-state index contributed by atoms with van der Waals surface area (Å²) in [5.41, 5.74) is 1.96. The van der Waals surface area contributed by atoms with E-state index in [0.29, 0.717) is 13.0 Å². The average molecular weight is 349 g/mol. The molecule has 0 aromatic heterocycles. The van der Waals surface area contributed by atoms with E-state index in [4.69, 9.17) is 9.47 Å². The SMILES string of the molecule is CCOC[C@@H]1CC2(CCN(C(=O)Cc3ccc(F)cc3C)CC2)CO1. The van der Waals surface area contributed by atoms with Gasteiger partial charge in [-0.15, -0.1) is 0 Å². The molecule has 1 aromatic carbocycles. The number of rotatable bonds is 5. The molecule has 1 aromatic rings. The van der Waals surface area contributed by atoms with Gasteiger partial charge >= 0.3 is 0 Å². The van der Waals surface area contributed by atoms with Gasteiger partial charge in [0.05, 0.1) is 25.7 Å². The number of benzene rings is 1. The second-order valence-corrected chi connectivity index (χ2v) is 7.42. The molecule has 2 heterocycles. The molecule has 0 aliphatic carbocycles. The molecular weight excluding hydrogens is 321 g/mol. The summed E-state index contributed by atoms with van der Waals surface area (Å²) < 4.78 is 24.6. The molecule has 5 heteroatoms. The van der Waals surface area contributed by atoms with Gasteiger partial charge < -0.3 is 14.4 Å². The summed E-state index contributed by atoms with van der Waals surface area (Å²) in [7, 11) is 0. The van der Waals surface area contributed by atoms with Gasteiger partial charge in [-0.25, -0.2) is 4.39 Å². The van der Waals surface area contributed by atoms with Crippen molar-refractivity contribution in [1.82, 2.24) is 4.90 Å². The summed E-state index contributed by atoms with van der Waals surface area (Å²) >= 11 is 0. The fourth-order valence-corrected chi connectivity index (χ4v) is 3.96. The minimum atomic E-state index is -0.253. The van der Waals surface area contributed by atoms with Crippen LogP contribution in [0.15, 0.2) is 18.2 Å². The Morgan fingerprint density at radius 2 is 2.16 bits per heavy atom. The lowest BCUT2D eigenvalue weighted by Crippen LogP contribution is -2.44. The summed E-state index contributed by atoms with van der Waals surface area (Å²) in [6.45, 7) is 7.59. The normalized spacial score (nSPS) is 22.5. The highest BCUT2D eigenvalue weighted by molar-refractivity contribution is 5.79. The number of hydrogen-bond donors (Lipinski definition) is 0. The van der Waals surface area contributed by atoms with E-state index in [0.717, 1.165) is 56.7 Å². The predicted molar refractivity (Wildman–Crippen MR) is 93.9 cm³/mol. The molecule has 0 N–H and O–H groups in total. The molecule has 4 nitrogen and oxygen atoms in total. The van der Waals surface area contributed by atoms with Crippen molar-refractivity contribution in [3.05, 3.63) is 35.1 Å². The average Bonchev–Trinajstić information content (AvgIpc) is 2.99. The van der Waals surface area contributed by atoms with Crippen LogP contribution in [0.5, 0.6) is 0 Å². The van der Waals surface area contributed by atoms with Crippen LogP contribution in [0.3, 0.4) is 0 Å². The van der Waals surface area contributed by atoms with E-state index < -0.39 is 0 Å². The number of hydrogen-bond acceptors (Lipinski definition) is 3. The molecular formula is C20H28FNO3.